The van der Waals surface area contributed by atoms with Crippen LogP contribution in [0, 0.1) is 0 Å². The van der Waals surface area contributed by atoms with Crippen LogP contribution in [0.4, 0.5) is 5.13 Å². The minimum absolute atomic E-state index is 0.0597. The van der Waals surface area contributed by atoms with E-state index in [0.717, 1.165) is 18.2 Å². The van der Waals surface area contributed by atoms with Crippen LogP contribution in [0.5, 0.6) is 5.75 Å². The lowest BCUT2D eigenvalue weighted by Gasteiger charge is -2.25. The SMILES string of the molecule is CC(C)Oc1ccc(C(=O)NNC(=O)c2csc(N3CCOCC3)n2)cc1. The van der Waals surface area contributed by atoms with Crippen LogP contribution in [0.2, 0.25) is 0 Å². The molecule has 1 aromatic carbocycles. The largest absolute Gasteiger partial charge is 0.491 e. The van der Waals surface area contributed by atoms with E-state index in [1.807, 2.05) is 13.8 Å². The third-order valence-electron chi connectivity index (χ3n) is 3.78. The van der Waals surface area contributed by atoms with E-state index in [-0.39, 0.29) is 11.8 Å². The fourth-order valence-electron chi connectivity index (χ4n) is 2.48. The highest BCUT2D eigenvalue weighted by atomic mass is 32.1. The van der Waals surface area contributed by atoms with Gasteiger partial charge in [0.05, 0.1) is 19.3 Å². The molecular weight excluding hydrogens is 368 g/mol. The van der Waals surface area contributed by atoms with Crippen molar-refractivity contribution in [1.29, 1.82) is 0 Å². The van der Waals surface area contributed by atoms with E-state index < -0.39 is 11.8 Å². The molecule has 1 fully saturated rings. The molecular formula is C18H22N4O4S. The molecule has 27 heavy (non-hydrogen) atoms. The smallest absolute Gasteiger partial charge is 0.289 e. The van der Waals surface area contributed by atoms with Gasteiger partial charge >= 0.3 is 0 Å². The Balaban J connectivity index is 1.52. The van der Waals surface area contributed by atoms with E-state index in [2.05, 4.69) is 20.7 Å². The fourth-order valence-corrected chi connectivity index (χ4v) is 3.33. The highest BCUT2D eigenvalue weighted by Crippen LogP contribution is 2.21. The molecule has 2 amide bonds. The molecule has 9 heteroatoms. The number of benzene rings is 1. The number of hydrogen-bond donors (Lipinski definition) is 2. The summed E-state index contributed by atoms with van der Waals surface area (Å²) in [6.45, 7) is 6.66. The first-order chi connectivity index (χ1) is 13.0. The van der Waals surface area contributed by atoms with Crippen LogP contribution in [-0.2, 0) is 4.74 Å². The minimum Gasteiger partial charge on any atom is -0.491 e. The van der Waals surface area contributed by atoms with Crippen LogP contribution >= 0.6 is 11.3 Å². The molecule has 1 aromatic heterocycles. The van der Waals surface area contributed by atoms with E-state index in [9.17, 15) is 9.59 Å². The van der Waals surface area contributed by atoms with Crippen LogP contribution in [0.1, 0.15) is 34.7 Å². The number of aromatic nitrogens is 1. The first-order valence-corrected chi connectivity index (χ1v) is 9.56. The predicted molar refractivity (Wildman–Crippen MR) is 102 cm³/mol. The lowest BCUT2D eigenvalue weighted by Crippen LogP contribution is -2.41. The maximum atomic E-state index is 12.2. The third-order valence-corrected chi connectivity index (χ3v) is 4.69. The van der Waals surface area contributed by atoms with Crippen LogP contribution in [0.15, 0.2) is 29.6 Å². The van der Waals surface area contributed by atoms with Gasteiger partial charge in [-0.1, -0.05) is 0 Å². The number of anilines is 1. The topological polar surface area (TPSA) is 92.8 Å². The molecule has 0 radical (unpaired) electrons. The van der Waals surface area contributed by atoms with Crippen molar-refractivity contribution in [1.82, 2.24) is 15.8 Å². The number of ether oxygens (including phenoxy) is 2. The van der Waals surface area contributed by atoms with Crippen LogP contribution < -0.4 is 20.5 Å². The average Bonchev–Trinajstić information content (AvgIpc) is 3.17. The van der Waals surface area contributed by atoms with Gasteiger partial charge in [-0.3, -0.25) is 20.4 Å². The van der Waals surface area contributed by atoms with Gasteiger partial charge in [-0.15, -0.1) is 11.3 Å². The second-order valence-corrected chi connectivity index (χ2v) is 7.05. The maximum absolute atomic E-state index is 12.2. The Hall–Kier alpha value is -2.65. The Labute approximate surface area is 161 Å². The number of thiazole rings is 1. The zero-order valence-corrected chi connectivity index (χ0v) is 16.0. The Morgan fingerprint density at radius 2 is 1.81 bits per heavy atom. The summed E-state index contributed by atoms with van der Waals surface area (Å²) in [5.74, 6) is -0.189. The molecule has 2 N–H and O–H groups in total. The Morgan fingerprint density at radius 1 is 1.15 bits per heavy atom. The molecule has 0 saturated carbocycles. The summed E-state index contributed by atoms with van der Waals surface area (Å²) in [6.07, 6.45) is 0.0597. The van der Waals surface area contributed by atoms with Crippen molar-refractivity contribution in [2.75, 3.05) is 31.2 Å². The number of nitrogens with one attached hydrogen (secondary N) is 2. The summed E-state index contributed by atoms with van der Waals surface area (Å²) in [5.41, 5.74) is 5.47. The van der Waals surface area contributed by atoms with Gasteiger partial charge in [0.1, 0.15) is 11.4 Å². The number of carbonyl (C=O) groups is 2. The van der Waals surface area contributed by atoms with Gasteiger partial charge in [0.2, 0.25) is 0 Å². The molecule has 0 atom stereocenters. The quantitative estimate of drug-likeness (QED) is 0.757. The zero-order chi connectivity index (χ0) is 19.2. The number of rotatable bonds is 5. The summed E-state index contributed by atoms with van der Waals surface area (Å²) in [5, 5.41) is 2.44. The van der Waals surface area contributed by atoms with Crippen LogP contribution in [0.3, 0.4) is 0 Å². The van der Waals surface area contributed by atoms with Crippen molar-refractivity contribution in [2.24, 2.45) is 0 Å². The van der Waals surface area contributed by atoms with Gasteiger partial charge in [-0.2, -0.15) is 0 Å². The molecule has 2 heterocycles. The second-order valence-electron chi connectivity index (χ2n) is 6.21. The van der Waals surface area contributed by atoms with Gasteiger partial charge < -0.3 is 14.4 Å². The van der Waals surface area contributed by atoms with Crippen molar-refractivity contribution in [3.05, 3.63) is 40.9 Å². The lowest BCUT2D eigenvalue weighted by molar-refractivity contribution is 0.0844. The molecule has 1 aliphatic rings. The first kappa shape index (κ1) is 19.1. The molecule has 1 aliphatic heterocycles. The monoisotopic (exact) mass is 390 g/mol. The van der Waals surface area contributed by atoms with Gasteiger partial charge in [-0.25, -0.2) is 4.98 Å². The molecule has 2 aromatic rings. The molecule has 0 spiro atoms. The number of amides is 2. The number of hydrogen-bond acceptors (Lipinski definition) is 7. The summed E-state index contributed by atoms with van der Waals surface area (Å²) in [6, 6.07) is 6.70. The first-order valence-electron chi connectivity index (χ1n) is 8.68. The number of nitrogens with zero attached hydrogens (tertiary/aromatic N) is 2. The fraction of sp³-hybridized carbons (Fsp3) is 0.389. The van der Waals surface area contributed by atoms with E-state index in [1.165, 1.54) is 11.3 Å². The molecule has 0 unspecified atom stereocenters. The van der Waals surface area contributed by atoms with Crippen molar-refractivity contribution in [3.8, 4) is 5.75 Å². The zero-order valence-electron chi connectivity index (χ0n) is 15.2. The normalized spacial score (nSPS) is 14.1. The highest BCUT2D eigenvalue weighted by molar-refractivity contribution is 7.13. The van der Waals surface area contributed by atoms with Crippen molar-refractivity contribution < 1.29 is 19.1 Å². The Bertz CT molecular complexity index is 785. The molecule has 0 bridgehead atoms. The third kappa shape index (κ3) is 5.18. The van der Waals surface area contributed by atoms with Gasteiger partial charge in [0, 0.05) is 24.0 Å². The Kier molecular flexibility index (Phi) is 6.25. The van der Waals surface area contributed by atoms with Gasteiger partial charge in [0.15, 0.2) is 5.13 Å². The summed E-state index contributed by atoms with van der Waals surface area (Å²) in [4.78, 5) is 30.8. The lowest BCUT2D eigenvalue weighted by atomic mass is 10.2. The van der Waals surface area contributed by atoms with Gasteiger partial charge in [-0.05, 0) is 38.1 Å². The van der Waals surface area contributed by atoms with E-state index >= 15 is 0 Å². The molecule has 0 aliphatic carbocycles. The molecule has 144 valence electrons. The van der Waals surface area contributed by atoms with E-state index in [4.69, 9.17) is 9.47 Å². The summed E-state index contributed by atoms with van der Waals surface area (Å²) in [7, 11) is 0. The summed E-state index contributed by atoms with van der Waals surface area (Å²) < 4.78 is 10.8. The Morgan fingerprint density at radius 3 is 2.48 bits per heavy atom. The van der Waals surface area contributed by atoms with E-state index in [1.54, 1.807) is 29.6 Å². The molecule has 3 rings (SSSR count). The van der Waals surface area contributed by atoms with Crippen molar-refractivity contribution in [2.45, 2.75) is 20.0 Å². The van der Waals surface area contributed by atoms with E-state index in [0.29, 0.717) is 24.5 Å². The number of hydrazine groups is 1. The maximum Gasteiger partial charge on any atom is 0.289 e. The highest BCUT2D eigenvalue weighted by Gasteiger charge is 2.18. The van der Waals surface area contributed by atoms with Crippen molar-refractivity contribution in [3.63, 3.8) is 0 Å². The minimum atomic E-state index is -0.459. The molecule has 1 saturated heterocycles. The van der Waals surface area contributed by atoms with Crippen LogP contribution in [-0.4, -0.2) is 49.2 Å². The van der Waals surface area contributed by atoms with Gasteiger partial charge in [0.25, 0.3) is 11.8 Å². The number of morpholine rings is 1. The molecule has 8 nitrogen and oxygen atoms in total. The predicted octanol–water partition coefficient (Wildman–Crippen LogP) is 1.84. The number of carbonyl (C=O) groups excluding carboxylic acids is 2. The average molecular weight is 390 g/mol. The second kappa shape index (κ2) is 8.83. The standard InChI is InChI=1S/C18H22N4O4S/c1-12(2)26-14-5-3-13(4-6-14)16(23)20-21-17(24)15-11-27-18(19-15)22-7-9-25-10-8-22/h3-6,11-12H,7-10H2,1-2H3,(H,20,23)(H,21,24). The van der Waals surface area contributed by atoms with Crippen molar-refractivity contribution >= 4 is 28.3 Å². The van der Waals surface area contributed by atoms with Crippen LogP contribution in [0.25, 0.3) is 0 Å². The summed E-state index contributed by atoms with van der Waals surface area (Å²) >= 11 is 1.39.